The first-order valence-corrected chi connectivity index (χ1v) is 10.2. The number of carbonyl (C=O) groups excluding carboxylic acids is 2. The molecule has 29 heavy (non-hydrogen) atoms. The first kappa shape index (κ1) is 21.6. The lowest BCUT2D eigenvalue weighted by Gasteiger charge is -2.37. The van der Waals surface area contributed by atoms with Crippen LogP contribution < -0.4 is 10.2 Å². The van der Waals surface area contributed by atoms with Gasteiger partial charge in [0.25, 0.3) is 0 Å². The van der Waals surface area contributed by atoms with Crippen LogP contribution in [0.15, 0.2) is 16.7 Å². The number of rotatable bonds is 3. The van der Waals surface area contributed by atoms with Crippen LogP contribution in [0.5, 0.6) is 0 Å². The van der Waals surface area contributed by atoms with Crippen LogP contribution in [0.2, 0.25) is 5.02 Å². The summed E-state index contributed by atoms with van der Waals surface area (Å²) in [7, 11) is 0. The first-order chi connectivity index (χ1) is 13.6. The molecule has 0 radical (unpaired) electrons. The molecule has 0 spiro atoms. The van der Waals surface area contributed by atoms with Gasteiger partial charge in [0.1, 0.15) is 11.1 Å². The van der Waals surface area contributed by atoms with Crippen molar-refractivity contribution >= 4 is 62.3 Å². The number of ether oxygens (including phenoxy) is 1. The standard InChI is InChI=1S/C19H21BrClFN4O3/c1-19(2,3)29-18(28)26-6-4-25(5-7-26)17-11-8-12(21)14(20)15(22)16(11)23-9-13(17)24-10-27/h8-10H,4-7H2,1-3H3,(H,24,27). The van der Waals surface area contributed by atoms with Gasteiger partial charge in [0.2, 0.25) is 6.41 Å². The topological polar surface area (TPSA) is 74.8 Å². The number of pyridine rings is 1. The number of hydrogen-bond donors (Lipinski definition) is 1. The van der Waals surface area contributed by atoms with Crippen molar-refractivity contribution in [1.82, 2.24) is 9.88 Å². The molecule has 1 aromatic carbocycles. The molecule has 156 valence electrons. The summed E-state index contributed by atoms with van der Waals surface area (Å²) in [6, 6.07) is 1.61. The number of hydrogen-bond acceptors (Lipinski definition) is 5. The zero-order valence-corrected chi connectivity index (χ0v) is 18.6. The van der Waals surface area contributed by atoms with Crippen LogP contribution in [-0.4, -0.2) is 54.2 Å². The molecule has 2 amide bonds. The molecule has 1 aliphatic rings. The number of carbonyl (C=O) groups is 2. The maximum absolute atomic E-state index is 14.7. The van der Waals surface area contributed by atoms with E-state index in [-0.39, 0.29) is 21.1 Å². The van der Waals surface area contributed by atoms with E-state index in [1.807, 2.05) is 25.7 Å². The van der Waals surface area contributed by atoms with E-state index in [0.29, 0.717) is 49.4 Å². The van der Waals surface area contributed by atoms with Crippen LogP contribution in [0.25, 0.3) is 10.9 Å². The molecule has 0 bridgehead atoms. The lowest BCUT2D eigenvalue weighted by atomic mass is 10.1. The minimum Gasteiger partial charge on any atom is -0.444 e. The van der Waals surface area contributed by atoms with E-state index in [0.717, 1.165) is 0 Å². The summed E-state index contributed by atoms with van der Waals surface area (Å²) >= 11 is 9.29. The Bertz CT molecular complexity index is 959. The van der Waals surface area contributed by atoms with E-state index in [1.165, 1.54) is 6.20 Å². The van der Waals surface area contributed by atoms with Crippen LogP contribution in [0.3, 0.4) is 0 Å². The van der Waals surface area contributed by atoms with Crippen molar-refractivity contribution < 1.29 is 18.7 Å². The third-order valence-electron chi connectivity index (χ3n) is 4.43. The third-order valence-corrected chi connectivity index (χ3v) is 5.73. The fourth-order valence-corrected chi connectivity index (χ4v) is 3.67. The summed E-state index contributed by atoms with van der Waals surface area (Å²) < 4.78 is 20.2. The van der Waals surface area contributed by atoms with Gasteiger partial charge in [0.15, 0.2) is 5.82 Å². The highest BCUT2D eigenvalue weighted by molar-refractivity contribution is 9.10. The number of nitrogens with one attached hydrogen (secondary N) is 1. The first-order valence-electron chi connectivity index (χ1n) is 9.01. The van der Waals surface area contributed by atoms with E-state index < -0.39 is 11.4 Å². The molecule has 1 aromatic heterocycles. The minimum absolute atomic E-state index is 0.135. The smallest absolute Gasteiger partial charge is 0.410 e. The number of aromatic nitrogens is 1. The fraction of sp³-hybridized carbons (Fsp3) is 0.421. The average Bonchev–Trinajstić information content (AvgIpc) is 2.65. The second kappa shape index (κ2) is 8.31. The van der Waals surface area contributed by atoms with Gasteiger partial charge in [-0.05, 0) is 42.8 Å². The summed E-state index contributed by atoms with van der Waals surface area (Å²) in [5.41, 5.74) is 0.621. The molecular weight excluding hydrogens is 467 g/mol. The van der Waals surface area contributed by atoms with E-state index in [2.05, 4.69) is 26.2 Å². The molecule has 1 saturated heterocycles. The van der Waals surface area contributed by atoms with Crippen LogP contribution >= 0.6 is 27.5 Å². The molecule has 1 fully saturated rings. The molecule has 0 atom stereocenters. The molecule has 3 rings (SSSR count). The van der Waals surface area contributed by atoms with Crippen LogP contribution in [0, 0.1) is 5.82 Å². The van der Waals surface area contributed by atoms with Gasteiger partial charge in [0, 0.05) is 31.6 Å². The van der Waals surface area contributed by atoms with Crippen LogP contribution in [-0.2, 0) is 9.53 Å². The van der Waals surface area contributed by atoms with E-state index >= 15 is 0 Å². The normalized spacial score (nSPS) is 14.8. The molecule has 0 saturated carbocycles. The Hall–Kier alpha value is -2.13. The molecule has 2 heterocycles. The summed E-state index contributed by atoms with van der Waals surface area (Å²) in [6.07, 6.45) is 1.58. The molecule has 0 unspecified atom stereocenters. The van der Waals surface area contributed by atoms with Crippen molar-refractivity contribution in [3.63, 3.8) is 0 Å². The van der Waals surface area contributed by atoms with Gasteiger partial charge in [0.05, 0.1) is 27.1 Å². The van der Waals surface area contributed by atoms with E-state index in [9.17, 15) is 14.0 Å². The number of benzene rings is 1. The van der Waals surface area contributed by atoms with Gasteiger partial charge in [-0.25, -0.2) is 9.18 Å². The summed E-state index contributed by atoms with van der Waals surface area (Å²) in [5.74, 6) is -0.571. The summed E-state index contributed by atoms with van der Waals surface area (Å²) in [5, 5.41) is 3.30. The van der Waals surface area contributed by atoms with E-state index in [4.69, 9.17) is 16.3 Å². The Morgan fingerprint density at radius 3 is 2.59 bits per heavy atom. The van der Waals surface area contributed by atoms with Gasteiger partial charge in [-0.3, -0.25) is 9.78 Å². The predicted octanol–water partition coefficient (Wildman–Crippen LogP) is 4.42. The number of amides is 2. The molecule has 1 N–H and O–H groups in total. The Labute approximate surface area is 181 Å². The maximum Gasteiger partial charge on any atom is 0.410 e. The van der Waals surface area contributed by atoms with Gasteiger partial charge >= 0.3 is 6.09 Å². The zero-order valence-electron chi connectivity index (χ0n) is 16.3. The van der Waals surface area contributed by atoms with E-state index in [1.54, 1.807) is 11.0 Å². The van der Waals surface area contributed by atoms with Crippen molar-refractivity contribution in [2.75, 3.05) is 36.4 Å². The summed E-state index contributed by atoms with van der Waals surface area (Å²) in [4.78, 5) is 31.1. The second-order valence-electron chi connectivity index (χ2n) is 7.62. The molecular formula is C19H21BrClFN4O3. The maximum atomic E-state index is 14.7. The zero-order chi connectivity index (χ0) is 21.3. The number of halogens is 3. The average molecular weight is 488 g/mol. The molecule has 10 heteroatoms. The van der Waals surface area contributed by atoms with Crippen LogP contribution in [0.4, 0.5) is 20.6 Å². The number of piperazine rings is 1. The monoisotopic (exact) mass is 486 g/mol. The third kappa shape index (κ3) is 4.56. The number of anilines is 2. The van der Waals surface area contributed by atoms with Gasteiger partial charge in [-0.15, -0.1) is 0 Å². The van der Waals surface area contributed by atoms with Crippen LogP contribution in [0.1, 0.15) is 20.8 Å². The molecule has 0 aliphatic carbocycles. The quantitative estimate of drug-likeness (QED) is 0.513. The summed E-state index contributed by atoms with van der Waals surface area (Å²) in [6.45, 7) is 7.24. The Morgan fingerprint density at radius 1 is 1.34 bits per heavy atom. The fourth-order valence-electron chi connectivity index (χ4n) is 3.18. The molecule has 1 aliphatic heterocycles. The van der Waals surface area contributed by atoms with Gasteiger partial charge in [-0.2, -0.15) is 0 Å². The van der Waals surface area contributed by atoms with Crippen molar-refractivity contribution in [3.8, 4) is 0 Å². The number of nitrogens with zero attached hydrogens (tertiary/aromatic N) is 3. The van der Waals surface area contributed by atoms with Crippen molar-refractivity contribution in [2.24, 2.45) is 0 Å². The molecule has 7 nitrogen and oxygen atoms in total. The Balaban J connectivity index is 1.94. The van der Waals surface area contributed by atoms with Crippen molar-refractivity contribution in [3.05, 3.63) is 27.6 Å². The highest BCUT2D eigenvalue weighted by atomic mass is 79.9. The van der Waals surface area contributed by atoms with Gasteiger partial charge in [-0.1, -0.05) is 11.6 Å². The highest BCUT2D eigenvalue weighted by Gasteiger charge is 2.28. The highest BCUT2D eigenvalue weighted by Crippen LogP contribution is 2.39. The minimum atomic E-state index is -0.571. The second-order valence-corrected chi connectivity index (χ2v) is 8.82. The number of fused-ring (bicyclic) bond motifs is 1. The van der Waals surface area contributed by atoms with Crippen molar-refractivity contribution in [1.29, 1.82) is 0 Å². The molecule has 2 aromatic rings. The lowest BCUT2D eigenvalue weighted by Crippen LogP contribution is -2.50. The largest absolute Gasteiger partial charge is 0.444 e. The van der Waals surface area contributed by atoms with Crippen molar-refractivity contribution in [2.45, 2.75) is 26.4 Å². The lowest BCUT2D eigenvalue weighted by molar-refractivity contribution is -0.105. The Kier molecular flexibility index (Phi) is 6.19. The Morgan fingerprint density at radius 2 is 2.00 bits per heavy atom. The van der Waals surface area contributed by atoms with Gasteiger partial charge < -0.3 is 19.9 Å². The SMILES string of the molecule is CC(C)(C)OC(=O)N1CCN(c2c(NC=O)cnc3c(F)c(Br)c(Cl)cc23)CC1. The predicted molar refractivity (Wildman–Crippen MR) is 114 cm³/mol.